The van der Waals surface area contributed by atoms with Gasteiger partial charge in [0, 0.05) is 41.2 Å². The molecular formula is C24H27N3O3S. The summed E-state index contributed by atoms with van der Waals surface area (Å²) in [6.07, 6.45) is 2.85. The zero-order chi connectivity index (χ0) is 22.8. The Kier molecular flexibility index (Phi) is 6.45. The smallest absolute Gasteiger partial charge is 0.412 e. The molecule has 0 saturated heterocycles. The Morgan fingerprint density at radius 3 is 2.32 bits per heavy atom. The van der Waals surface area contributed by atoms with Gasteiger partial charge >= 0.3 is 6.09 Å². The molecule has 3 aromatic rings. The van der Waals surface area contributed by atoms with Gasteiger partial charge < -0.3 is 9.64 Å². The van der Waals surface area contributed by atoms with Gasteiger partial charge in [0.1, 0.15) is 5.60 Å². The molecule has 1 aromatic carbocycles. The summed E-state index contributed by atoms with van der Waals surface area (Å²) in [4.78, 5) is 31.7. The molecule has 0 aliphatic carbocycles. The van der Waals surface area contributed by atoms with Gasteiger partial charge in [0.15, 0.2) is 0 Å². The van der Waals surface area contributed by atoms with Crippen LogP contribution >= 0.6 is 11.3 Å². The van der Waals surface area contributed by atoms with Crippen LogP contribution in [0.4, 0.5) is 16.2 Å². The number of pyridine rings is 1. The van der Waals surface area contributed by atoms with E-state index in [4.69, 9.17) is 4.74 Å². The second-order valence-corrected chi connectivity index (χ2v) is 9.42. The number of amides is 2. The first kappa shape index (κ1) is 22.5. The highest BCUT2D eigenvalue weighted by molar-refractivity contribution is 7.18. The fourth-order valence-electron chi connectivity index (χ4n) is 3.07. The van der Waals surface area contributed by atoms with Crippen LogP contribution in [0.15, 0.2) is 48.8 Å². The van der Waals surface area contributed by atoms with Crippen LogP contribution in [0.25, 0.3) is 20.9 Å². The third kappa shape index (κ3) is 5.70. The van der Waals surface area contributed by atoms with E-state index in [0.29, 0.717) is 5.69 Å². The number of nitrogens with one attached hydrogen (secondary N) is 1. The van der Waals surface area contributed by atoms with Crippen molar-refractivity contribution in [2.24, 2.45) is 0 Å². The van der Waals surface area contributed by atoms with Crippen molar-refractivity contribution in [3.05, 3.63) is 54.4 Å². The van der Waals surface area contributed by atoms with E-state index in [1.54, 1.807) is 42.6 Å². The van der Waals surface area contributed by atoms with Gasteiger partial charge in [0.25, 0.3) is 0 Å². The molecule has 3 rings (SSSR count). The van der Waals surface area contributed by atoms with Crippen molar-refractivity contribution in [1.29, 1.82) is 0 Å². The molecule has 1 N–H and O–H groups in total. The Labute approximate surface area is 186 Å². The Balaban J connectivity index is 1.80. The predicted octanol–water partition coefficient (Wildman–Crippen LogP) is 6.12. The monoisotopic (exact) mass is 437 g/mol. The fourth-order valence-corrected chi connectivity index (χ4v) is 4.05. The SMILES string of the molecule is CC(=O)N(C)c1ccc(-c2ccc(-c3cncc(NC(=O)OC(C)(C)C)c3)s2)cc1C. The van der Waals surface area contributed by atoms with Gasteiger partial charge in [-0.3, -0.25) is 15.1 Å². The van der Waals surface area contributed by atoms with Crippen molar-refractivity contribution in [3.63, 3.8) is 0 Å². The van der Waals surface area contributed by atoms with Crippen molar-refractivity contribution in [3.8, 4) is 20.9 Å². The molecule has 0 saturated carbocycles. The average Bonchev–Trinajstić information content (AvgIpc) is 3.16. The number of nitrogens with zero attached hydrogens (tertiary/aromatic N) is 2. The van der Waals surface area contributed by atoms with Crippen molar-refractivity contribution in [2.75, 3.05) is 17.3 Å². The minimum absolute atomic E-state index is 0.00151. The Hall–Kier alpha value is -3.19. The molecule has 0 fully saturated rings. The molecule has 2 amide bonds. The first-order valence-corrected chi connectivity index (χ1v) is 10.8. The first-order chi connectivity index (χ1) is 14.5. The maximum Gasteiger partial charge on any atom is 0.412 e. The summed E-state index contributed by atoms with van der Waals surface area (Å²) in [5, 5.41) is 2.73. The highest BCUT2D eigenvalue weighted by atomic mass is 32.1. The molecule has 31 heavy (non-hydrogen) atoms. The number of aromatic nitrogens is 1. The summed E-state index contributed by atoms with van der Waals surface area (Å²) in [6.45, 7) is 9.02. The number of rotatable bonds is 4. The first-order valence-electron chi connectivity index (χ1n) is 9.94. The van der Waals surface area contributed by atoms with Crippen LogP contribution in [0, 0.1) is 6.92 Å². The van der Waals surface area contributed by atoms with E-state index >= 15 is 0 Å². The standard InChI is InChI=1S/C24H27N3O3S/c1-15-11-17(7-8-20(15)27(6)16(2)28)21-9-10-22(31-21)18-12-19(14-25-13-18)26-23(29)30-24(3,4)5/h7-14H,1-6H3,(H,26,29). The van der Waals surface area contributed by atoms with Gasteiger partial charge in [-0.25, -0.2) is 4.79 Å². The van der Waals surface area contributed by atoms with Crippen LogP contribution in [-0.4, -0.2) is 29.6 Å². The second-order valence-electron chi connectivity index (χ2n) is 8.33. The number of hydrogen-bond donors (Lipinski definition) is 1. The summed E-state index contributed by atoms with van der Waals surface area (Å²) < 4.78 is 5.30. The lowest BCUT2D eigenvalue weighted by molar-refractivity contribution is -0.116. The van der Waals surface area contributed by atoms with Crippen LogP contribution in [0.1, 0.15) is 33.3 Å². The van der Waals surface area contributed by atoms with E-state index in [2.05, 4.69) is 22.4 Å². The molecule has 162 valence electrons. The molecule has 0 aliphatic rings. The molecular weight excluding hydrogens is 410 g/mol. The van der Waals surface area contributed by atoms with Gasteiger partial charge in [-0.05, 0) is 69.2 Å². The topological polar surface area (TPSA) is 71.5 Å². The predicted molar refractivity (Wildman–Crippen MR) is 127 cm³/mol. The summed E-state index contributed by atoms with van der Waals surface area (Å²) in [5.74, 6) is 0.00151. The molecule has 0 unspecified atom stereocenters. The number of ether oxygens (including phenoxy) is 1. The Morgan fingerprint density at radius 2 is 1.71 bits per heavy atom. The van der Waals surface area contributed by atoms with Crippen molar-refractivity contribution in [1.82, 2.24) is 4.98 Å². The number of hydrogen-bond acceptors (Lipinski definition) is 5. The minimum atomic E-state index is -0.565. The van der Waals surface area contributed by atoms with E-state index < -0.39 is 11.7 Å². The highest BCUT2D eigenvalue weighted by Gasteiger charge is 2.17. The van der Waals surface area contributed by atoms with E-state index in [0.717, 1.165) is 32.1 Å². The number of carbonyl (C=O) groups is 2. The lowest BCUT2D eigenvalue weighted by Crippen LogP contribution is -2.27. The van der Waals surface area contributed by atoms with Gasteiger partial charge in [-0.1, -0.05) is 6.07 Å². The third-order valence-corrected chi connectivity index (χ3v) is 5.77. The van der Waals surface area contributed by atoms with Crippen LogP contribution < -0.4 is 10.2 Å². The molecule has 7 heteroatoms. The Morgan fingerprint density at radius 1 is 1.03 bits per heavy atom. The molecule has 0 spiro atoms. The van der Waals surface area contributed by atoms with Crippen molar-refractivity contribution < 1.29 is 14.3 Å². The molecule has 2 aromatic heterocycles. The lowest BCUT2D eigenvalue weighted by atomic mass is 10.1. The largest absolute Gasteiger partial charge is 0.444 e. The van der Waals surface area contributed by atoms with E-state index in [1.807, 2.05) is 52.0 Å². The van der Waals surface area contributed by atoms with E-state index in [-0.39, 0.29) is 5.91 Å². The third-order valence-electron chi connectivity index (χ3n) is 4.59. The van der Waals surface area contributed by atoms with E-state index in [1.165, 1.54) is 0 Å². The maximum absolute atomic E-state index is 12.0. The minimum Gasteiger partial charge on any atom is -0.444 e. The van der Waals surface area contributed by atoms with Crippen LogP contribution in [0.5, 0.6) is 0 Å². The Bertz CT molecular complexity index is 1120. The summed E-state index contributed by atoms with van der Waals surface area (Å²) in [7, 11) is 1.78. The highest BCUT2D eigenvalue weighted by Crippen LogP contribution is 2.36. The average molecular weight is 438 g/mol. The number of benzene rings is 1. The van der Waals surface area contributed by atoms with Crippen LogP contribution in [0.2, 0.25) is 0 Å². The number of thiophene rings is 1. The maximum atomic E-state index is 12.0. The normalized spacial score (nSPS) is 11.2. The molecule has 0 bridgehead atoms. The number of aryl methyl sites for hydroxylation is 1. The van der Waals surface area contributed by atoms with Crippen molar-refractivity contribution >= 4 is 34.7 Å². The zero-order valence-corrected chi connectivity index (χ0v) is 19.5. The molecule has 2 heterocycles. The fraction of sp³-hybridized carbons (Fsp3) is 0.292. The second kappa shape index (κ2) is 8.89. The van der Waals surface area contributed by atoms with Gasteiger partial charge in [-0.2, -0.15) is 0 Å². The zero-order valence-electron chi connectivity index (χ0n) is 18.6. The number of carbonyl (C=O) groups excluding carboxylic acids is 2. The quantitative estimate of drug-likeness (QED) is 0.534. The molecule has 6 nitrogen and oxygen atoms in total. The van der Waals surface area contributed by atoms with Crippen LogP contribution in [0.3, 0.4) is 0 Å². The van der Waals surface area contributed by atoms with Gasteiger partial charge in [0.05, 0.1) is 11.9 Å². The van der Waals surface area contributed by atoms with E-state index in [9.17, 15) is 9.59 Å². The molecule has 0 aliphatic heterocycles. The van der Waals surface area contributed by atoms with Crippen LogP contribution in [-0.2, 0) is 9.53 Å². The molecule has 0 radical (unpaired) electrons. The van der Waals surface area contributed by atoms with Gasteiger partial charge in [0.2, 0.25) is 5.91 Å². The van der Waals surface area contributed by atoms with Crippen molar-refractivity contribution in [2.45, 2.75) is 40.2 Å². The summed E-state index contributed by atoms with van der Waals surface area (Å²) in [6, 6.07) is 12.1. The van der Waals surface area contributed by atoms with Gasteiger partial charge in [-0.15, -0.1) is 11.3 Å². The molecule has 0 atom stereocenters. The number of anilines is 2. The summed E-state index contributed by atoms with van der Waals surface area (Å²) >= 11 is 1.64. The lowest BCUT2D eigenvalue weighted by Gasteiger charge is -2.19. The summed E-state index contributed by atoms with van der Waals surface area (Å²) in [5.41, 5.74) is 3.95.